The summed E-state index contributed by atoms with van der Waals surface area (Å²) in [6, 6.07) is 9.73. The molecule has 19 heavy (non-hydrogen) atoms. The van der Waals surface area contributed by atoms with Crippen LogP contribution in [0.2, 0.25) is 0 Å². The summed E-state index contributed by atoms with van der Waals surface area (Å²) in [6.45, 7) is 0.172. The molecule has 0 N–H and O–H groups in total. The zero-order chi connectivity index (χ0) is 13.7. The van der Waals surface area contributed by atoms with Gasteiger partial charge in [-0.3, -0.25) is 4.98 Å². The van der Waals surface area contributed by atoms with Gasteiger partial charge in [0.15, 0.2) is 0 Å². The second kappa shape index (κ2) is 6.43. The van der Waals surface area contributed by atoms with Gasteiger partial charge in [-0.05, 0) is 30.3 Å². The second-order valence-corrected chi connectivity index (χ2v) is 4.75. The lowest BCUT2D eigenvalue weighted by molar-refractivity contribution is 0.0503. The van der Waals surface area contributed by atoms with Crippen molar-refractivity contribution in [2.24, 2.45) is 0 Å². The van der Waals surface area contributed by atoms with Crippen LogP contribution in [0.1, 0.15) is 16.1 Å². The van der Waals surface area contributed by atoms with Crippen LogP contribution in [0.4, 0.5) is 4.39 Å². The number of aromatic nitrogens is 1. The van der Waals surface area contributed by atoms with Crippen molar-refractivity contribution < 1.29 is 13.9 Å². The van der Waals surface area contributed by atoms with Gasteiger partial charge in [0.05, 0.1) is 12.2 Å². The van der Waals surface area contributed by atoms with E-state index in [9.17, 15) is 9.18 Å². The van der Waals surface area contributed by atoms with Crippen molar-refractivity contribution in [2.45, 2.75) is 6.42 Å². The normalized spacial score (nSPS) is 10.2. The molecule has 0 saturated carbocycles. The fourth-order valence-electron chi connectivity index (χ4n) is 1.53. The number of carbonyl (C=O) groups is 1. The summed E-state index contributed by atoms with van der Waals surface area (Å²) in [5, 5.41) is 0. The maximum atomic E-state index is 13.5. The average Bonchev–Trinajstić information content (AvgIpc) is 2.39. The summed E-state index contributed by atoms with van der Waals surface area (Å²) in [5.74, 6) is -1.27. The summed E-state index contributed by atoms with van der Waals surface area (Å²) >= 11 is 3.13. The molecule has 0 atom stereocenters. The third-order valence-corrected chi connectivity index (χ3v) is 2.96. The van der Waals surface area contributed by atoms with Crippen LogP contribution >= 0.6 is 15.9 Å². The molecule has 0 fully saturated rings. The van der Waals surface area contributed by atoms with Crippen molar-refractivity contribution in [3.05, 3.63) is 64.1 Å². The lowest BCUT2D eigenvalue weighted by Crippen LogP contribution is -2.10. The molecule has 0 amide bonds. The van der Waals surface area contributed by atoms with Crippen LogP contribution in [-0.4, -0.2) is 17.6 Å². The Kier molecular flexibility index (Phi) is 4.63. The number of hydrogen-bond acceptors (Lipinski definition) is 3. The molecular formula is C14H11BrFNO2. The Hall–Kier alpha value is -1.75. The summed E-state index contributed by atoms with van der Waals surface area (Å²) < 4.78 is 19.1. The van der Waals surface area contributed by atoms with Gasteiger partial charge in [0.2, 0.25) is 0 Å². The minimum atomic E-state index is -0.666. The standard InChI is InChI=1S/C14H11BrFNO2/c15-10-4-5-12(13(16)9-10)14(18)19-8-6-11-3-1-2-7-17-11/h1-5,7,9H,6,8H2. The molecule has 0 radical (unpaired) electrons. The highest BCUT2D eigenvalue weighted by Crippen LogP contribution is 2.16. The van der Waals surface area contributed by atoms with Crippen LogP contribution in [0.5, 0.6) is 0 Å². The van der Waals surface area contributed by atoms with Crippen LogP contribution in [0.25, 0.3) is 0 Å². The largest absolute Gasteiger partial charge is 0.462 e. The van der Waals surface area contributed by atoms with Gasteiger partial charge in [0.1, 0.15) is 5.82 Å². The summed E-state index contributed by atoms with van der Waals surface area (Å²) in [7, 11) is 0. The highest BCUT2D eigenvalue weighted by Gasteiger charge is 2.13. The van der Waals surface area contributed by atoms with Crippen molar-refractivity contribution in [3.63, 3.8) is 0 Å². The van der Waals surface area contributed by atoms with E-state index in [1.165, 1.54) is 12.1 Å². The van der Waals surface area contributed by atoms with Gasteiger partial charge >= 0.3 is 5.97 Å². The first-order valence-electron chi connectivity index (χ1n) is 5.69. The highest BCUT2D eigenvalue weighted by molar-refractivity contribution is 9.10. The molecule has 0 aliphatic carbocycles. The van der Waals surface area contributed by atoms with E-state index < -0.39 is 11.8 Å². The number of rotatable bonds is 4. The number of carbonyl (C=O) groups excluding carboxylic acids is 1. The first kappa shape index (κ1) is 13.7. The van der Waals surface area contributed by atoms with Crippen molar-refractivity contribution in [2.75, 3.05) is 6.61 Å². The number of ether oxygens (including phenoxy) is 1. The third-order valence-electron chi connectivity index (χ3n) is 2.47. The molecule has 0 saturated heterocycles. The Morgan fingerprint density at radius 1 is 1.32 bits per heavy atom. The lowest BCUT2D eigenvalue weighted by Gasteiger charge is -2.05. The molecule has 98 valence electrons. The molecule has 3 nitrogen and oxygen atoms in total. The minimum absolute atomic E-state index is 0.0655. The van der Waals surface area contributed by atoms with E-state index in [0.717, 1.165) is 5.69 Å². The Bertz CT molecular complexity index is 575. The molecule has 5 heteroatoms. The maximum Gasteiger partial charge on any atom is 0.341 e. The number of hydrogen-bond donors (Lipinski definition) is 0. The quantitative estimate of drug-likeness (QED) is 0.810. The second-order valence-electron chi connectivity index (χ2n) is 3.83. The number of benzene rings is 1. The van der Waals surface area contributed by atoms with E-state index in [1.54, 1.807) is 12.3 Å². The molecule has 0 spiro atoms. The van der Waals surface area contributed by atoms with Crippen LogP contribution in [0.3, 0.4) is 0 Å². The number of halogens is 2. The van der Waals surface area contributed by atoms with Crippen LogP contribution in [0.15, 0.2) is 47.1 Å². The molecule has 2 aromatic rings. The van der Waals surface area contributed by atoms with Crippen LogP contribution in [0, 0.1) is 5.82 Å². The van der Waals surface area contributed by atoms with Gasteiger partial charge in [-0.1, -0.05) is 22.0 Å². The Balaban J connectivity index is 1.91. The predicted octanol–water partition coefficient (Wildman–Crippen LogP) is 3.38. The SMILES string of the molecule is O=C(OCCc1ccccn1)c1ccc(Br)cc1F. The van der Waals surface area contributed by atoms with Crippen molar-refractivity contribution >= 4 is 21.9 Å². The van der Waals surface area contributed by atoms with E-state index in [4.69, 9.17) is 4.74 Å². The lowest BCUT2D eigenvalue weighted by atomic mass is 10.2. The molecule has 0 aliphatic rings. The van der Waals surface area contributed by atoms with Crippen molar-refractivity contribution in [1.29, 1.82) is 0 Å². The Labute approximate surface area is 118 Å². The predicted molar refractivity (Wildman–Crippen MR) is 72.3 cm³/mol. The Morgan fingerprint density at radius 2 is 2.16 bits per heavy atom. The van der Waals surface area contributed by atoms with Gasteiger partial charge in [-0.2, -0.15) is 0 Å². The van der Waals surface area contributed by atoms with E-state index in [-0.39, 0.29) is 12.2 Å². The van der Waals surface area contributed by atoms with E-state index in [1.807, 2.05) is 18.2 Å². The van der Waals surface area contributed by atoms with E-state index >= 15 is 0 Å². The summed E-state index contributed by atoms with van der Waals surface area (Å²) in [6.07, 6.45) is 2.18. The number of nitrogens with zero attached hydrogens (tertiary/aromatic N) is 1. The molecule has 1 aromatic carbocycles. The topological polar surface area (TPSA) is 39.2 Å². The summed E-state index contributed by atoms with van der Waals surface area (Å²) in [4.78, 5) is 15.8. The molecule has 1 aromatic heterocycles. The number of pyridine rings is 1. The highest BCUT2D eigenvalue weighted by atomic mass is 79.9. The average molecular weight is 324 g/mol. The smallest absolute Gasteiger partial charge is 0.341 e. The fraction of sp³-hybridized carbons (Fsp3) is 0.143. The third kappa shape index (κ3) is 3.86. The maximum absolute atomic E-state index is 13.5. The fourth-order valence-corrected chi connectivity index (χ4v) is 1.86. The molecular weight excluding hydrogens is 313 g/mol. The molecule has 0 unspecified atom stereocenters. The monoisotopic (exact) mass is 323 g/mol. The Morgan fingerprint density at radius 3 is 2.84 bits per heavy atom. The van der Waals surface area contributed by atoms with Crippen LogP contribution < -0.4 is 0 Å². The zero-order valence-electron chi connectivity index (χ0n) is 9.98. The van der Waals surface area contributed by atoms with Gasteiger partial charge in [-0.15, -0.1) is 0 Å². The first-order valence-corrected chi connectivity index (χ1v) is 6.48. The molecule has 2 rings (SSSR count). The van der Waals surface area contributed by atoms with E-state index in [2.05, 4.69) is 20.9 Å². The van der Waals surface area contributed by atoms with Gasteiger partial charge in [0.25, 0.3) is 0 Å². The van der Waals surface area contributed by atoms with Gasteiger partial charge in [0, 0.05) is 22.8 Å². The van der Waals surface area contributed by atoms with Crippen molar-refractivity contribution in [1.82, 2.24) is 4.98 Å². The first-order chi connectivity index (χ1) is 9.16. The van der Waals surface area contributed by atoms with Gasteiger partial charge in [-0.25, -0.2) is 9.18 Å². The van der Waals surface area contributed by atoms with Crippen LogP contribution in [-0.2, 0) is 11.2 Å². The minimum Gasteiger partial charge on any atom is -0.462 e. The number of esters is 1. The molecule has 0 aliphatic heterocycles. The molecule has 0 bridgehead atoms. The summed E-state index contributed by atoms with van der Waals surface area (Å²) in [5.41, 5.74) is 0.760. The van der Waals surface area contributed by atoms with Crippen molar-refractivity contribution in [3.8, 4) is 0 Å². The molecule has 1 heterocycles. The van der Waals surface area contributed by atoms with E-state index in [0.29, 0.717) is 10.9 Å². The zero-order valence-corrected chi connectivity index (χ0v) is 11.6. The van der Waals surface area contributed by atoms with Gasteiger partial charge < -0.3 is 4.74 Å².